The molecule has 0 aliphatic carbocycles. The van der Waals surface area contributed by atoms with Crippen LogP contribution in [0.4, 0.5) is 5.69 Å². The lowest BCUT2D eigenvalue weighted by atomic mass is 10.1. The summed E-state index contributed by atoms with van der Waals surface area (Å²) in [7, 11) is 0. The van der Waals surface area contributed by atoms with Crippen molar-refractivity contribution in [2.24, 2.45) is 0 Å². The smallest absolute Gasteiger partial charge is 0.240 e. The van der Waals surface area contributed by atoms with Gasteiger partial charge in [-0.05, 0) is 38.5 Å². The van der Waals surface area contributed by atoms with Gasteiger partial charge in [0.05, 0.1) is 4.32 Å². The lowest BCUT2D eigenvalue weighted by Crippen LogP contribution is -2.31. The van der Waals surface area contributed by atoms with E-state index < -0.39 is 4.32 Å². The van der Waals surface area contributed by atoms with E-state index in [1.165, 1.54) is 0 Å². The van der Waals surface area contributed by atoms with Crippen LogP contribution in [-0.2, 0) is 4.79 Å². The number of anilines is 1. The van der Waals surface area contributed by atoms with Crippen molar-refractivity contribution in [1.29, 1.82) is 0 Å². The highest BCUT2D eigenvalue weighted by Gasteiger charge is 2.23. The number of benzene rings is 1. The van der Waals surface area contributed by atoms with Gasteiger partial charge in [-0.2, -0.15) is 0 Å². The van der Waals surface area contributed by atoms with Crippen molar-refractivity contribution in [1.82, 2.24) is 0 Å². The minimum absolute atomic E-state index is 0.0899. The molecule has 0 aromatic heterocycles. The summed E-state index contributed by atoms with van der Waals surface area (Å²) < 4.78 is -0.582. The maximum absolute atomic E-state index is 11.7. The lowest BCUT2D eigenvalue weighted by Gasteiger charge is -2.17. The van der Waals surface area contributed by atoms with E-state index in [1.807, 2.05) is 19.1 Å². The molecule has 4 heteroatoms. The van der Waals surface area contributed by atoms with E-state index in [4.69, 9.17) is 11.6 Å². The molecule has 0 aliphatic rings. The van der Waals surface area contributed by atoms with Crippen LogP contribution in [0.5, 0.6) is 0 Å². The summed E-state index contributed by atoms with van der Waals surface area (Å²) in [5.74, 6) is -0.0899. The van der Waals surface area contributed by atoms with Gasteiger partial charge < -0.3 is 5.32 Å². The van der Waals surface area contributed by atoms with Gasteiger partial charge in [0, 0.05) is 10.7 Å². The Bertz CT molecular complexity index is 385. The van der Waals surface area contributed by atoms with Gasteiger partial charge >= 0.3 is 0 Å². The molecule has 0 spiro atoms. The number of amides is 1. The van der Waals surface area contributed by atoms with Crippen LogP contribution in [0, 0.1) is 6.92 Å². The van der Waals surface area contributed by atoms with Crippen molar-refractivity contribution in [2.45, 2.75) is 25.1 Å². The molecule has 1 rings (SSSR count). The molecule has 15 heavy (non-hydrogen) atoms. The van der Waals surface area contributed by atoms with E-state index in [0.29, 0.717) is 5.02 Å². The van der Waals surface area contributed by atoms with Crippen LogP contribution in [0.15, 0.2) is 18.2 Å². The molecular formula is C11H13BrClNO. The average Bonchev–Trinajstić information content (AvgIpc) is 2.11. The number of carbonyl (C=O) groups excluding carboxylic acids is 1. The van der Waals surface area contributed by atoms with Crippen LogP contribution in [0.1, 0.15) is 19.4 Å². The molecule has 0 aliphatic heterocycles. The lowest BCUT2D eigenvalue weighted by molar-refractivity contribution is -0.117. The minimum Gasteiger partial charge on any atom is -0.325 e. The predicted octanol–water partition coefficient (Wildman–Crippen LogP) is 3.76. The Morgan fingerprint density at radius 3 is 2.60 bits per heavy atom. The van der Waals surface area contributed by atoms with Gasteiger partial charge in [0.1, 0.15) is 0 Å². The van der Waals surface area contributed by atoms with Crippen molar-refractivity contribution >= 4 is 39.1 Å². The molecule has 0 heterocycles. The summed E-state index contributed by atoms with van der Waals surface area (Å²) in [6.07, 6.45) is 0. The molecule has 1 N–H and O–H groups in total. The zero-order valence-electron chi connectivity index (χ0n) is 8.90. The first kappa shape index (κ1) is 12.5. The molecule has 0 bridgehead atoms. The largest absolute Gasteiger partial charge is 0.325 e. The number of nitrogens with one attached hydrogen (secondary N) is 1. The summed E-state index contributed by atoms with van der Waals surface area (Å²) in [6, 6.07) is 5.44. The van der Waals surface area contributed by atoms with Gasteiger partial charge in [-0.3, -0.25) is 4.79 Å². The van der Waals surface area contributed by atoms with Gasteiger partial charge in [0.25, 0.3) is 0 Å². The molecule has 82 valence electrons. The zero-order chi connectivity index (χ0) is 11.6. The first-order chi connectivity index (χ1) is 6.82. The quantitative estimate of drug-likeness (QED) is 0.826. The molecule has 1 aromatic carbocycles. The number of hydrogen-bond acceptors (Lipinski definition) is 1. The molecule has 0 unspecified atom stereocenters. The van der Waals surface area contributed by atoms with Crippen LogP contribution in [-0.4, -0.2) is 10.2 Å². The van der Waals surface area contributed by atoms with E-state index in [1.54, 1.807) is 19.9 Å². The Morgan fingerprint density at radius 2 is 2.07 bits per heavy atom. The summed E-state index contributed by atoms with van der Waals surface area (Å²) in [5.41, 5.74) is 1.63. The normalized spacial score (nSPS) is 11.3. The van der Waals surface area contributed by atoms with Crippen LogP contribution in [0.3, 0.4) is 0 Å². The third-order valence-electron chi connectivity index (χ3n) is 2.06. The second-order valence-electron chi connectivity index (χ2n) is 3.84. The Hall–Kier alpha value is -0.540. The van der Waals surface area contributed by atoms with Crippen molar-refractivity contribution in [3.63, 3.8) is 0 Å². The fourth-order valence-electron chi connectivity index (χ4n) is 1.01. The number of rotatable bonds is 2. The monoisotopic (exact) mass is 289 g/mol. The highest BCUT2D eigenvalue weighted by atomic mass is 79.9. The highest BCUT2D eigenvalue weighted by molar-refractivity contribution is 9.10. The van der Waals surface area contributed by atoms with E-state index in [2.05, 4.69) is 21.2 Å². The van der Waals surface area contributed by atoms with Crippen LogP contribution >= 0.6 is 27.5 Å². The Kier molecular flexibility index (Phi) is 3.79. The maximum atomic E-state index is 11.7. The van der Waals surface area contributed by atoms with E-state index >= 15 is 0 Å². The second kappa shape index (κ2) is 4.54. The predicted molar refractivity (Wildman–Crippen MR) is 67.8 cm³/mol. The minimum atomic E-state index is -0.582. The summed E-state index contributed by atoms with van der Waals surface area (Å²) in [4.78, 5) is 11.7. The molecule has 0 atom stereocenters. The number of carbonyl (C=O) groups is 1. The van der Waals surface area contributed by atoms with Crippen molar-refractivity contribution < 1.29 is 4.79 Å². The van der Waals surface area contributed by atoms with Crippen molar-refractivity contribution in [2.75, 3.05) is 5.32 Å². The first-order valence-electron chi connectivity index (χ1n) is 4.58. The van der Waals surface area contributed by atoms with Gasteiger partial charge in [-0.15, -0.1) is 0 Å². The van der Waals surface area contributed by atoms with Crippen molar-refractivity contribution in [3.05, 3.63) is 28.8 Å². The SMILES string of the molecule is Cc1c(Cl)cccc1NC(=O)C(C)(C)Br. The van der Waals surface area contributed by atoms with Gasteiger partial charge in [0.2, 0.25) is 5.91 Å². The maximum Gasteiger partial charge on any atom is 0.240 e. The molecule has 0 saturated heterocycles. The van der Waals surface area contributed by atoms with Gasteiger partial charge in [-0.25, -0.2) is 0 Å². The Labute approximate surface area is 103 Å². The zero-order valence-corrected chi connectivity index (χ0v) is 11.2. The van der Waals surface area contributed by atoms with Gasteiger partial charge in [-0.1, -0.05) is 33.6 Å². The third-order valence-corrected chi connectivity index (χ3v) is 2.83. The summed E-state index contributed by atoms with van der Waals surface area (Å²) in [5, 5.41) is 3.47. The highest BCUT2D eigenvalue weighted by Crippen LogP contribution is 2.25. The third kappa shape index (κ3) is 3.21. The summed E-state index contributed by atoms with van der Waals surface area (Å²) in [6.45, 7) is 5.46. The number of hydrogen-bond donors (Lipinski definition) is 1. The Morgan fingerprint density at radius 1 is 1.47 bits per heavy atom. The number of halogens is 2. The second-order valence-corrected chi connectivity index (χ2v) is 6.23. The fraction of sp³-hybridized carbons (Fsp3) is 0.364. The first-order valence-corrected chi connectivity index (χ1v) is 5.75. The fourth-order valence-corrected chi connectivity index (χ4v) is 1.29. The van der Waals surface area contributed by atoms with E-state index in [0.717, 1.165) is 11.3 Å². The Balaban J connectivity index is 2.91. The molecule has 1 aromatic rings. The molecule has 1 amide bonds. The summed E-state index contributed by atoms with van der Waals surface area (Å²) >= 11 is 9.25. The van der Waals surface area contributed by atoms with E-state index in [9.17, 15) is 4.79 Å². The number of alkyl halides is 1. The molecular weight excluding hydrogens is 277 g/mol. The standard InChI is InChI=1S/C11H13BrClNO/c1-7-8(13)5-4-6-9(7)14-10(15)11(2,3)12/h4-6H,1-3H3,(H,14,15). The van der Waals surface area contributed by atoms with Crippen molar-refractivity contribution in [3.8, 4) is 0 Å². The van der Waals surface area contributed by atoms with Crippen LogP contribution in [0.25, 0.3) is 0 Å². The van der Waals surface area contributed by atoms with Crippen LogP contribution in [0.2, 0.25) is 5.02 Å². The van der Waals surface area contributed by atoms with E-state index in [-0.39, 0.29) is 5.91 Å². The molecule has 0 radical (unpaired) electrons. The molecule has 2 nitrogen and oxygen atoms in total. The van der Waals surface area contributed by atoms with Crippen LogP contribution < -0.4 is 5.32 Å². The average molecular weight is 291 g/mol. The molecule has 0 fully saturated rings. The molecule has 0 saturated carbocycles. The van der Waals surface area contributed by atoms with Gasteiger partial charge in [0.15, 0.2) is 0 Å². The topological polar surface area (TPSA) is 29.1 Å².